The van der Waals surface area contributed by atoms with E-state index in [1.54, 1.807) is 12.1 Å². The van der Waals surface area contributed by atoms with E-state index in [0.717, 1.165) is 22.6 Å². The van der Waals surface area contributed by atoms with Crippen molar-refractivity contribution in [3.63, 3.8) is 0 Å². The summed E-state index contributed by atoms with van der Waals surface area (Å²) in [5.74, 6) is -0.291. The van der Waals surface area contributed by atoms with Gasteiger partial charge < -0.3 is 4.90 Å². The summed E-state index contributed by atoms with van der Waals surface area (Å²) in [5, 5.41) is 0. The Labute approximate surface area is 146 Å². The summed E-state index contributed by atoms with van der Waals surface area (Å²) in [6.07, 6.45) is -0.102. The average molecular weight is 327 g/mol. The summed E-state index contributed by atoms with van der Waals surface area (Å²) in [5.41, 5.74) is 4.81. The fourth-order valence-electron chi connectivity index (χ4n) is 3.32. The molecule has 0 saturated heterocycles. The summed E-state index contributed by atoms with van der Waals surface area (Å²) in [6, 6.07) is 23.0. The van der Waals surface area contributed by atoms with Gasteiger partial charge in [-0.15, -0.1) is 0 Å². The number of ketones is 2. The molecule has 122 valence electrons. The molecule has 0 radical (unpaired) electrons. The van der Waals surface area contributed by atoms with E-state index in [9.17, 15) is 9.59 Å². The number of Topliss-reactive ketones (excluding diaryl/α,β-unsaturated/α-hetero) is 2. The largest absolute Gasteiger partial charge is 0.309 e. The monoisotopic (exact) mass is 327 g/mol. The van der Waals surface area contributed by atoms with E-state index in [-0.39, 0.29) is 18.0 Å². The maximum atomic E-state index is 12.7. The Bertz CT molecular complexity index is 933. The van der Waals surface area contributed by atoms with Gasteiger partial charge in [0.25, 0.3) is 0 Å². The van der Waals surface area contributed by atoms with Crippen molar-refractivity contribution in [2.75, 3.05) is 4.90 Å². The molecule has 0 atom stereocenters. The number of carbonyl (C=O) groups is 2. The first-order valence-corrected chi connectivity index (χ1v) is 8.26. The first-order valence-electron chi connectivity index (χ1n) is 8.26. The zero-order chi connectivity index (χ0) is 17.4. The molecule has 0 spiro atoms. The second kappa shape index (κ2) is 6.02. The molecule has 1 aliphatic rings. The minimum Gasteiger partial charge on any atom is -0.309 e. The number of carbonyl (C=O) groups excluding carboxylic acids is 2. The Morgan fingerprint density at radius 2 is 1.28 bits per heavy atom. The minimum absolute atomic E-state index is 0.102. The maximum absolute atomic E-state index is 12.7. The second-order valence-electron chi connectivity index (χ2n) is 6.23. The van der Waals surface area contributed by atoms with Crippen LogP contribution in [0.25, 0.3) is 0 Å². The lowest BCUT2D eigenvalue weighted by Gasteiger charge is -2.30. The van der Waals surface area contributed by atoms with E-state index in [0.29, 0.717) is 11.1 Å². The lowest BCUT2D eigenvalue weighted by atomic mass is 9.94. The number of anilines is 3. The second-order valence-corrected chi connectivity index (χ2v) is 6.23. The molecule has 0 amide bonds. The molecule has 3 heteroatoms. The van der Waals surface area contributed by atoms with Crippen LogP contribution in [-0.2, 0) is 0 Å². The Morgan fingerprint density at radius 3 is 1.84 bits per heavy atom. The van der Waals surface area contributed by atoms with Crippen LogP contribution in [0.2, 0.25) is 0 Å². The van der Waals surface area contributed by atoms with Gasteiger partial charge in [0.05, 0.1) is 17.8 Å². The first-order chi connectivity index (χ1) is 12.1. The van der Waals surface area contributed by atoms with Crippen molar-refractivity contribution < 1.29 is 9.59 Å². The highest BCUT2D eigenvalue weighted by atomic mass is 16.1. The van der Waals surface area contributed by atoms with Crippen molar-refractivity contribution >= 4 is 28.6 Å². The summed E-state index contributed by atoms with van der Waals surface area (Å²) >= 11 is 0. The van der Waals surface area contributed by atoms with Gasteiger partial charge in [-0.25, -0.2) is 0 Å². The van der Waals surface area contributed by atoms with Gasteiger partial charge in [0, 0.05) is 16.8 Å². The molecule has 0 bridgehead atoms. The summed E-state index contributed by atoms with van der Waals surface area (Å²) in [4.78, 5) is 27.4. The first kappa shape index (κ1) is 15.3. The Kier molecular flexibility index (Phi) is 3.69. The molecule has 1 aliphatic heterocycles. The smallest absolute Gasteiger partial charge is 0.172 e. The quantitative estimate of drug-likeness (QED) is 0.574. The molecule has 0 fully saturated rings. The zero-order valence-electron chi connectivity index (χ0n) is 13.9. The lowest BCUT2D eigenvalue weighted by molar-refractivity contribution is 0.0894. The molecule has 3 aromatic carbocycles. The van der Waals surface area contributed by atoms with Crippen LogP contribution in [0.5, 0.6) is 0 Å². The van der Waals surface area contributed by atoms with Crippen LogP contribution >= 0.6 is 0 Å². The van der Waals surface area contributed by atoms with Gasteiger partial charge >= 0.3 is 0 Å². The zero-order valence-corrected chi connectivity index (χ0v) is 13.9. The Hall–Kier alpha value is -3.20. The van der Waals surface area contributed by atoms with E-state index in [4.69, 9.17) is 0 Å². The molecule has 0 aromatic heterocycles. The van der Waals surface area contributed by atoms with Gasteiger partial charge in [-0.3, -0.25) is 9.59 Å². The van der Waals surface area contributed by atoms with Gasteiger partial charge in [-0.1, -0.05) is 36.4 Å². The van der Waals surface area contributed by atoms with Crippen molar-refractivity contribution in [1.29, 1.82) is 0 Å². The molecule has 3 aromatic rings. The van der Waals surface area contributed by atoms with Crippen molar-refractivity contribution in [2.45, 2.75) is 13.3 Å². The third-order valence-corrected chi connectivity index (χ3v) is 4.47. The predicted molar refractivity (Wildman–Crippen MR) is 99.1 cm³/mol. The van der Waals surface area contributed by atoms with Crippen LogP contribution in [-0.4, -0.2) is 11.6 Å². The molecule has 4 rings (SSSR count). The number of fused-ring (bicyclic) bond motifs is 2. The van der Waals surface area contributed by atoms with E-state index < -0.39 is 0 Å². The Morgan fingerprint density at radius 1 is 0.720 bits per heavy atom. The Balaban J connectivity index is 2.06. The molecule has 25 heavy (non-hydrogen) atoms. The van der Waals surface area contributed by atoms with Crippen LogP contribution in [0.15, 0.2) is 72.8 Å². The van der Waals surface area contributed by atoms with Crippen LogP contribution in [0.1, 0.15) is 32.7 Å². The summed E-state index contributed by atoms with van der Waals surface area (Å²) in [7, 11) is 0. The van der Waals surface area contributed by atoms with E-state index in [1.807, 2.05) is 66.4 Å². The fraction of sp³-hybridized carbons (Fsp3) is 0.0909. The SMILES string of the molecule is Cc1cccc(N2c3ccccc3C(=O)CC(=O)c3ccccc32)c1. The number of hydrogen-bond donors (Lipinski definition) is 0. The number of para-hydroxylation sites is 2. The number of nitrogens with zero attached hydrogens (tertiary/aromatic N) is 1. The van der Waals surface area contributed by atoms with Gasteiger partial charge in [0.1, 0.15) is 0 Å². The summed E-state index contributed by atoms with van der Waals surface area (Å²) in [6.45, 7) is 2.03. The molecule has 0 aliphatic carbocycles. The molecule has 1 heterocycles. The van der Waals surface area contributed by atoms with Gasteiger partial charge in [-0.2, -0.15) is 0 Å². The molecular weight excluding hydrogens is 310 g/mol. The number of aryl methyl sites for hydroxylation is 1. The average Bonchev–Trinajstić information content (AvgIpc) is 2.62. The van der Waals surface area contributed by atoms with Crippen molar-refractivity contribution in [1.82, 2.24) is 0 Å². The maximum Gasteiger partial charge on any atom is 0.172 e. The van der Waals surface area contributed by atoms with Crippen molar-refractivity contribution in [2.24, 2.45) is 0 Å². The normalized spacial score (nSPS) is 13.7. The van der Waals surface area contributed by atoms with Crippen LogP contribution in [0.4, 0.5) is 17.1 Å². The predicted octanol–water partition coefficient (Wildman–Crippen LogP) is 5.23. The van der Waals surface area contributed by atoms with Crippen LogP contribution < -0.4 is 4.90 Å². The van der Waals surface area contributed by atoms with Crippen LogP contribution in [0, 0.1) is 6.92 Å². The topological polar surface area (TPSA) is 37.4 Å². The molecule has 3 nitrogen and oxygen atoms in total. The van der Waals surface area contributed by atoms with Crippen molar-refractivity contribution in [3.05, 3.63) is 89.5 Å². The van der Waals surface area contributed by atoms with E-state index in [2.05, 4.69) is 6.07 Å². The number of hydrogen-bond acceptors (Lipinski definition) is 3. The fourth-order valence-corrected chi connectivity index (χ4v) is 3.32. The molecule has 0 saturated carbocycles. The van der Waals surface area contributed by atoms with Gasteiger partial charge in [0.2, 0.25) is 0 Å². The van der Waals surface area contributed by atoms with E-state index >= 15 is 0 Å². The molecule has 0 unspecified atom stereocenters. The number of rotatable bonds is 1. The van der Waals surface area contributed by atoms with Crippen LogP contribution in [0.3, 0.4) is 0 Å². The highest BCUT2D eigenvalue weighted by Gasteiger charge is 2.28. The molecule has 0 N–H and O–H groups in total. The molecular formula is C22H17NO2. The highest BCUT2D eigenvalue weighted by Crippen LogP contribution is 2.40. The van der Waals surface area contributed by atoms with Gasteiger partial charge in [-0.05, 0) is 48.9 Å². The highest BCUT2D eigenvalue weighted by molar-refractivity contribution is 6.19. The minimum atomic E-state index is -0.146. The number of benzene rings is 3. The van der Waals surface area contributed by atoms with Gasteiger partial charge in [0.15, 0.2) is 11.6 Å². The summed E-state index contributed by atoms with van der Waals surface area (Å²) < 4.78 is 0. The lowest BCUT2D eigenvalue weighted by Crippen LogP contribution is -2.22. The standard InChI is InChI=1S/C22H17NO2/c1-15-7-6-8-16(13-15)23-19-11-4-2-9-17(19)21(24)14-22(25)18-10-3-5-12-20(18)23/h2-13H,14H2,1H3. The van der Waals surface area contributed by atoms with Crippen molar-refractivity contribution in [3.8, 4) is 0 Å². The third-order valence-electron chi connectivity index (χ3n) is 4.47. The van der Waals surface area contributed by atoms with E-state index in [1.165, 1.54) is 0 Å². The third kappa shape index (κ3) is 2.64.